The van der Waals surface area contributed by atoms with E-state index >= 15 is 0 Å². The lowest BCUT2D eigenvalue weighted by atomic mass is 10.2. The molecule has 20 heavy (non-hydrogen) atoms. The van der Waals surface area contributed by atoms with Gasteiger partial charge in [-0.25, -0.2) is 13.4 Å². The van der Waals surface area contributed by atoms with Gasteiger partial charge in [-0.1, -0.05) is 18.2 Å². The van der Waals surface area contributed by atoms with Crippen molar-refractivity contribution >= 4 is 27.0 Å². The van der Waals surface area contributed by atoms with E-state index in [4.69, 9.17) is 5.73 Å². The van der Waals surface area contributed by atoms with E-state index in [0.717, 1.165) is 10.7 Å². The molecule has 7 heteroatoms. The molecule has 108 valence electrons. The normalized spacial score (nSPS) is 11.9. The summed E-state index contributed by atoms with van der Waals surface area (Å²) in [5, 5.41) is 2.80. The molecular formula is C13H17N3O2S2. The van der Waals surface area contributed by atoms with Crippen molar-refractivity contribution in [3.63, 3.8) is 0 Å². The topological polar surface area (TPSA) is 76.3 Å². The quantitative estimate of drug-likeness (QED) is 0.857. The molecule has 0 aliphatic rings. The highest BCUT2D eigenvalue weighted by Gasteiger charge is 2.20. The maximum absolute atomic E-state index is 12.3. The van der Waals surface area contributed by atoms with Crippen molar-refractivity contribution in [3.05, 3.63) is 45.9 Å². The van der Waals surface area contributed by atoms with E-state index in [1.165, 1.54) is 15.6 Å². The average molecular weight is 311 g/mol. The number of nitrogens with two attached hydrogens (primary N) is 1. The van der Waals surface area contributed by atoms with Gasteiger partial charge in [0.15, 0.2) is 0 Å². The molecule has 0 amide bonds. The number of hydrogen-bond acceptors (Lipinski definition) is 5. The zero-order valence-corrected chi connectivity index (χ0v) is 13.0. The van der Waals surface area contributed by atoms with Crippen LogP contribution in [0.5, 0.6) is 0 Å². The van der Waals surface area contributed by atoms with E-state index in [1.54, 1.807) is 31.3 Å². The zero-order valence-electron chi connectivity index (χ0n) is 11.4. The van der Waals surface area contributed by atoms with Crippen LogP contribution in [0.1, 0.15) is 16.3 Å². The van der Waals surface area contributed by atoms with E-state index in [2.05, 4.69) is 4.98 Å². The van der Waals surface area contributed by atoms with E-state index in [9.17, 15) is 8.42 Å². The SMILES string of the molecule is Cc1nc(CN(C)S(=O)(=O)Cc2ccccc2N)cs1. The number of nitrogen functional groups attached to an aromatic ring is 1. The molecule has 2 rings (SSSR count). The minimum Gasteiger partial charge on any atom is -0.398 e. The van der Waals surface area contributed by atoms with Gasteiger partial charge in [0.2, 0.25) is 10.0 Å². The molecule has 1 aromatic carbocycles. The second-order valence-electron chi connectivity index (χ2n) is 4.57. The van der Waals surface area contributed by atoms with E-state index in [-0.39, 0.29) is 12.3 Å². The summed E-state index contributed by atoms with van der Waals surface area (Å²) in [7, 11) is -1.85. The molecule has 0 aliphatic heterocycles. The number of aryl methyl sites for hydroxylation is 1. The second-order valence-corrected chi connectivity index (χ2v) is 7.71. The van der Waals surface area contributed by atoms with Gasteiger partial charge in [-0.15, -0.1) is 11.3 Å². The zero-order chi connectivity index (χ0) is 14.8. The van der Waals surface area contributed by atoms with Crippen LogP contribution in [0.25, 0.3) is 0 Å². The molecule has 1 heterocycles. The Bertz CT molecular complexity index is 695. The van der Waals surface area contributed by atoms with Gasteiger partial charge in [-0.05, 0) is 18.6 Å². The predicted molar refractivity (Wildman–Crippen MR) is 81.8 cm³/mol. The third-order valence-corrected chi connectivity index (χ3v) is 5.50. The van der Waals surface area contributed by atoms with Crippen LogP contribution in [0.15, 0.2) is 29.6 Å². The van der Waals surface area contributed by atoms with Crippen LogP contribution in [-0.2, 0) is 22.3 Å². The summed E-state index contributed by atoms with van der Waals surface area (Å²) in [6.07, 6.45) is 0. The van der Waals surface area contributed by atoms with Gasteiger partial charge >= 0.3 is 0 Å². The number of thiazole rings is 1. The first kappa shape index (κ1) is 15.0. The minimum atomic E-state index is -3.41. The molecule has 0 aliphatic carbocycles. The molecule has 0 saturated carbocycles. The summed E-state index contributed by atoms with van der Waals surface area (Å²) in [5.74, 6) is -0.0979. The fourth-order valence-electron chi connectivity index (χ4n) is 1.78. The van der Waals surface area contributed by atoms with E-state index in [1.807, 2.05) is 12.3 Å². The predicted octanol–water partition coefficient (Wildman–Crippen LogP) is 2.00. The van der Waals surface area contributed by atoms with Crippen molar-refractivity contribution in [1.29, 1.82) is 0 Å². The van der Waals surface area contributed by atoms with Gasteiger partial charge in [-0.2, -0.15) is 4.31 Å². The molecule has 0 bridgehead atoms. The second kappa shape index (κ2) is 5.90. The lowest BCUT2D eigenvalue weighted by Gasteiger charge is -2.16. The Hall–Kier alpha value is -1.44. The van der Waals surface area contributed by atoms with Crippen LogP contribution in [0, 0.1) is 6.92 Å². The summed E-state index contributed by atoms with van der Waals surface area (Å²) < 4.78 is 25.9. The molecular weight excluding hydrogens is 294 g/mol. The maximum atomic E-state index is 12.3. The Morgan fingerprint density at radius 3 is 2.65 bits per heavy atom. The number of rotatable bonds is 5. The molecule has 0 radical (unpaired) electrons. The number of sulfonamides is 1. The first-order valence-corrected chi connectivity index (χ1v) is 8.56. The summed E-state index contributed by atoms with van der Waals surface area (Å²) in [4.78, 5) is 4.28. The molecule has 0 spiro atoms. The largest absolute Gasteiger partial charge is 0.398 e. The average Bonchev–Trinajstić information content (AvgIpc) is 2.77. The van der Waals surface area contributed by atoms with Crippen molar-refractivity contribution in [2.45, 2.75) is 19.2 Å². The van der Waals surface area contributed by atoms with Crippen molar-refractivity contribution in [2.75, 3.05) is 12.8 Å². The van der Waals surface area contributed by atoms with Crippen LogP contribution in [0.3, 0.4) is 0 Å². The highest BCUT2D eigenvalue weighted by molar-refractivity contribution is 7.88. The van der Waals surface area contributed by atoms with Crippen LogP contribution < -0.4 is 5.73 Å². The van der Waals surface area contributed by atoms with E-state index in [0.29, 0.717) is 11.3 Å². The van der Waals surface area contributed by atoms with Gasteiger partial charge in [0.25, 0.3) is 0 Å². The number of anilines is 1. The van der Waals surface area contributed by atoms with Crippen molar-refractivity contribution in [3.8, 4) is 0 Å². The number of aromatic nitrogens is 1. The first-order chi connectivity index (χ1) is 9.38. The maximum Gasteiger partial charge on any atom is 0.218 e. The van der Waals surface area contributed by atoms with Crippen LogP contribution in [0.2, 0.25) is 0 Å². The Morgan fingerprint density at radius 1 is 1.35 bits per heavy atom. The van der Waals surface area contributed by atoms with Crippen LogP contribution >= 0.6 is 11.3 Å². The Morgan fingerprint density at radius 2 is 2.05 bits per heavy atom. The van der Waals surface area contributed by atoms with Gasteiger partial charge in [0, 0.05) is 18.1 Å². The summed E-state index contributed by atoms with van der Waals surface area (Å²) in [6.45, 7) is 2.17. The Balaban J connectivity index is 2.12. The van der Waals surface area contributed by atoms with E-state index < -0.39 is 10.0 Å². The highest BCUT2D eigenvalue weighted by atomic mass is 32.2. The summed E-state index contributed by atoms with van der Waals surface area (Å²) in [6, 6.07) is 7.00. The van der Waals surface area contributed by atoms with Gasteiger partial charge in [0.1, 0.15) is 0 Å². The number of hydrogen-bond donors (Lipinski definition) is 1. The fraction of sp³-hybridized carbons (Fsp3) is 0.308. The minimum absolute atomic E-state index is 0.0979. The Kier molecular flexibility index (Phi) is 4.42. The third kappa shape index (κ3) is 3.56. The lowest BCUT2D eigenvalue weighted by Crippen LogP contribution is -2.28. The van der Waals surface area contributed by atoms with Crippen molar-refractivity contribution < 1.29 is 8.42 Å². The number of benzene rings is 1. The standard InChI is InChI=1S/C13H17N3O2S2/c1-10-15-12(8-19-10)7-16(2)20(17,18)9-11-5-3-4-6-13(11)14/h3-6,8H,7,9,14H2,1-2H3. The van der Waals surface area contributed by atoms with Crippen molar-refractivity contribution in [2.24, 2.45) is 0 Å². The molecule has 1 aromatic heterocycles. The van der Waals surface area contributed by atoms with Crippen LogP contribution in [0.4, 0.5) is 5.69 Å². The molecule has 0 unspecified atom stereocenters. The van der Waals surface area contributed by atoms with Crippen LogP contribution in [-0.4, -0.2) is 24.8 Å². The summed E-state index contributed by atoms with van der Waals surface area (Å²) >= 11 is 1.51. The number of nitrogens with zero attached hydrogens (tertiary/aromatic N) is 2. The summed E-state index contributed by atoms with van der Waals surface area (Å²) in [5.41, 5.74) is 7.67. The lowest BCUT2D eigenvalue weighted by molar-refractivity contribution is 0.462. The highest BCUT2D eigenvalue weighted by Crippen LogP contribution is 2.18. The van der Waals surface area contributed by atoms with Gasteiger partial charge in [-0.3, -0.25) is 0 Å². The monoisotopic (exact) mass is 311 g/mol. The first-order valence-electron chi connectivity index (χ1n) is 6.07. The smallest absolute Gasteiger partial charge is 0.218 e. The molecule has 0 fully saturated rings. The fourth-order valence-corrected chi connectivity index (χ4v) is 3.59. The molecule has 0 atom stereocenters. The van der Waals surface area contributed by atoms with Crippen molar-refractivity contribution in [1.82, 2.24) is 9.29 Å². The molecule has 5 nitrogen and oxygen atoms in total. The van der Waals surface area contributed by atoms with Gasteiger partial charge in [0.05, 0.1) is 23.0 Å². The third-order valence-electron chi connectivity index (χ3n) is 2.92. The molecule has 0 saturated heterocycles. The molecule has 2 N–H and O–H groups in total. The number of para-hydroxylation sites is 1. The van der Waals surface area contributed by atoms with Gasteiger partial charge < -0.3 is 5.73 Å². The molecule has 2 aromatic rings. The Labute approximate surface area is 123 Å².